The average Bonchev–Trinajstić information content (AvgIpc) is 2.55. The molecule has 0 atom stereocenters. The van der Waals surface area contributed by atoms with E-state index in [1.54, 1.807) is 18.2 Å². The van der Waals surface area contributed by atoms with E-state index >= 15 is 0 Å². The van der Waals surface area contributed by atoms with Crippen molar-refractivity contribution >= 4 is 52.4 Å². The number of aryl methyl sites for hydroxylation is 1. The van der Waals surface area contributed by atoms with E-state index in [4.69, 9.17) is 44.3 Å². The maximum absolute atomic E-state index is 12.2. The molecule has 132 valence electrons. The van der Waals surface area contributed by atoms with Gasteiger partial charge in [-0.25, -0.2) is 4.79 Å². The molecule has 0 bridgehead atoms. The second-order valence-corrected chi connectivity index (χ2v) is 6.32. The van der Waals surface area contributed by atoms with Gasteiger partial charge < -0.3 is 14.8 Å². The molecule has 0 saturated carbocycles. The zero-order valence-corrected chi connectivity index (χ0v) is 15.6. The molecule has 1 amide bonds. The lowest BCUT2D eigenvalue weighted by Crippen LogP contribution is -2.21. The van der Waals surface area contributed by atoms with Gasteiger partial charge in [-0.15, -0.1) is 0 Å². The summed E-state index contributed by atoms with van der Waals surface area (Å²) in [6.45, 7) is 1.32. The van der Waals surface area contributed by atoms with Crippen LogP contribution in [-0.4, -0.2) is 25.6 Å². The van der Waals surface area contributed by atoms with E-state index < -0.39 is 18.5 Å². The van der Waals surface area contributed by atoms with Crippen molar-refractivity contribution in [2.75, 3.05) is 19.0 Å². The highest BCUT2D eigenvalue weighted by atomic mass is 35.5. The summed E-state index contributed by atoms with van der Waals surface area (Å²) < 4.78 is 10.1. The summed E-state index contributed by atoms with van der Waals surface area (Å²) in [5.74, 6) is -0.908. The molecule has 2 aromatic rings. The fourth-order valence-electron chi connectivity index (χ4n) is 2.03. The Labute approximate surface area is 159 Å². The molecule has 0 saturated heterocycles. The summed E-state index contributed by atoms with van der Waals surface area (Å²) >= 11 is 17.8. The Hall–Kier alpha value is -1.95. The second-order valence-electron chi connectivity index (χ2n) is 5.07. The van der Waals surface area contributed by atoms with E-state index in [-0.39, 0.29) is 21.3 Å². The van der Waals surface area contributed by atoms with Crippen LogP contribution in [-0.2, 0) is 9.53 Å². The molecule has 2 rings (SSSR count). The predicted molar refractivity (Wildman–Crippen MR) is 98.1 cm³/mol. The number of benzene rings is 2. The van der Waals surface area contributed by atoms with E-state index in [0.717, 1.165) is 5.56 Å². The number of methoxy groups -OCH3 is 1. The van der Waals surface area contributed by atoms with Gasteiger partial charge in [0.1, 0.15) is 11.3 Å². The normalized spacial score (nSPS) is 10.3. The molecule has 1 N–H and O–H groups in total. The number of amides is 1. The molecule has 5 nitrogen and oxygen atoms in total. The van der Waals surface area contributed by atoms with Crippen molar-refractivity contribution < 1.29 is 19.1 Å². The molecule has 0 aliphatic rings. The number of anilines is 1. The van der Waals surface area contributed by atoms with Crippen molar-refractivity contribution in [1.82, 2.24) is 0 Å². The third-order valence-electron chi connectivity index (χ3n) is 3.18. The van der Waals surface area contributed by atoms with Crippen LogP contribution in [0.2, 0.25) is 15.1 Å². The first-order valence-corrected chi connectivity index (χ1v) is 8.21. The SMILES string of the molecule is COc1ccc(C)cc1C(=O)OCC(=O)Nc1c(Cl)cc(Cl)cc1Cl. The van der Waals surface area contributed by atoms with Crippen LogP contribution >= 0.6 is 34.8 Å². The van der Waals surface area contributed by atoms with Crippen molar-refractivity contribution in [3.8, 4) is 5.75 Å². The van der Waals surface area contributed by atoms with Crippen LogP contribution in [0.3, 0.4) is 0 Å². The lowest BCUT2D eigenvalue weighted by atomic mass is 10.1. The Morgan fingerprint density at radius 2 is 1.72 bits per heavy atom. The van der Waals surface area contributed by atoms with Gasteiger partial charge in [-0.05, 0) is 31.2 Å². The molecule has 0 fully saturated rings. The predicted octanol–water partition coefficient (Wildman–Crippen LogP) is 4.76. The van der Waals surface area contributed by atoms with Crippen molar-refractivity contribution in [2.24, 2.45) is 0 Å². The largest absolute Gasteiger partial charge is 0.496 e. The lowest BCUT2D eigenvalue weighted by molar-refractivity contribution is -0.119. The Morgan fingerprint density at radius 1 is 1.08 bits per heavy atom. The fraction of sp³-hybridized carbons (Fsp3) is 0.176. The van der Waals surface area contributed by atoms with Gasteiger partial charge in [0.15, 0.2) is 6.61 Å². The zero-order chi connectivity index (χ0) is 18.6. The second kappa shape index (κ2) is 8.43. The molecule has 8 heteroatoms. The van der Waals surface area contributed by atoms with Crippen molar-refractivity contribution in [1.29, 1.82) is 0 Å². The van der Waals surface area contributed by atoms with Crippen molar-refractivity contribution in [3.63, 3.8) is 0 Å². The van der Waals surface area contributed by atoms with Crippen LogP contribution in [0.1, 0.15) is 15.9 Å². The quantitative estimate of drug-likeness (QED) is 0.732. The summed E-state index contributed by atoms with van der Waals surface area (Å²) in [7, 11) is 1.44. The summed E-state index contributed by atoms with van der Waals surface area (Å²) in [6, 6.07) is 7.94. The maximum Gasteiger partial charge on any atom is 0.342 e. The summed E-state index contributed by atoms with van der Waals surface area (Å²) in [6.07, 6.45) is 0. The first-order chi connectivity index (χ1) is 11.8. The van der Waals surface area contributed by atoms with Gasteiger partial charge in [0.05, 0.1) is 22.8 Å². The molecule has 0 aliphatic carbocycles. The van der Waals surface area contributed by atoms with E-state index in [2.05, 4.69) is 5.32 Å². The van der Waals surface area contributed by atoms with Gasteiger partial charge >= 0.3 is 5.97 Å². The summed E-state index contributed by atoms with van der Waals surface area (Å²) in [5.41, 5.74) is 1.29. The molecular formula is C17H14Cl3NO4. The van der Waals surface area contributed by atoms with Gasteiger partial charge in [-0.1, -0.05) is 46.4 Å². The minimum atomic E-state index is -0.677. The lowest BCUT2D eigenvalue weighted by Gasteiger charge is -2.11. The number of esters is 1. The number of nitrogens with one attached hydrogen (secondary N) is 1. The highest BCUT2D eigenvalue weighted by Gasteiger charge is 2.17. The molecule has 0 spiro atoms. The number of halogens is 3. The molecular weight excluding hydrogens is 389 g/mol. The topological polar surface area (TPSA) is 64.6 Å². The molecule has 25 heavy (non-hydrogen) atoms. The molecule has 2 aromatic carbocycles. The van der Waals surface area contributed by atoms with Gasteiger partial charge in [0.2, 0.25) is 0 Å². The Morgan fingerprint density at radius 3 is 2.32 bits per heavy atom. The number of ether oxygens (including phenoxy) is 2. The Balaban J connectivity index is 2.03. The van der Waals surface area contributed by atoms with E-state index in [1.165, 1.54) is 19.2 Å². The first kappa shape index (κ1) is 19.4. The van der Waals surface area contributed by atoms with Crippen LogP contribution in [0.4, 0.5) is 5.69 Å². The van der Waals surface area contributed by atoms with Crippen LogP contribution in [0.5, 0.6) is 5.75 Å². The van der Waals surface area contributed by atoms with Crippen LogP contribution < -0.4 is 10.1 Å². The highest BCUT2D eigenvalue weighted by molar-refractivity contribution is 6.42. The number of carbonyl (C=O) groups excluding carboxylic acids is 2. The zero-order valence-electron chi connectivity index (χ0n) is 13.4. The smallest absolute Gasteiger partial charge is 0.342 e. The molecule has 0 unspecified atom stereocenters. The molecule has 0 aliphatic heterocycles. The van der Waals surface area contributed by atoms with Crippen molar-refractivity contribution in [3.05, 3.63) is 56.5 Å². The number of hydrogen-bond acceptors (Lipinski definition) is 4. The van der Waals surface area contributed by atoms with Crippen molar-refractivity contribution in [2.45, 2.75) is 6.92 Å². The standard InChI is InChI=1S/C17H14Cl3NO4/c1-9-3-4-14(24-2)11(5-9)17(23)25-8-15(22)21-16-12(19)6-10(18)7-13(16)20/h3-7H,8H2,1-2H3,(H,21,22). The van der Waals surface area contributed by atoms with E-state index in [1.807, 2.05) is 6.92 Å². The fourth-order valence-corrected chi connectivity index (χ4v) is 2.94. The highest BCUT2D eigenvalue weighted by Crippen LogP contribution is 2.33. The van der Waals surface area contributed by atoms with Crippen LogP contribution in [0.15, 0.2) is 30.3 Å². The maximum atomic E-state index is 12.2. The van der Waals surface area contributed by atoms with E-state index in [9.17, 15) is 9.59 Å². The van der Waals surface area contributed by atoms with E-state index in [0.29, 0.717) is 10.8 Å². The Bertz CT molecular complexity index is 801. The average molecular weight is 403 g/mol. The Kier molecular flexibility index (Phi) is 6.53. The molecule has 0 radical (unpaired) electrons. The molecule has 0 aromatic heterocycles. The number of hydrogen-bond donors (Lipinski definition) is 1. The number of carbonyl (C=O) groups is 2. The molecule has 0 heterocycles. The van der Waals surface area contributed by atoms with Gasteiger partial charge in [0, 0.05) is 5.02 Å². The first-order valence-electron chi connectivity index (χ1n) is 7.08. The minimum absolute atomic E-state index is 0.178. The van der Waals surface area contributed by atoms with Gasteiger partial charge in [0.25, 0.3) is 5.91 Å². The van der Waals surface area contributed by atoms with Crippen LogP contribution in [0.25, 0.3) is 0 Å². The van der Waals surface area contributed by atoms with Gasteiger partial charge in [-0.3, -0.25) is 4.79 Å². The number of rotatable bonds is 5. The third-order valence-corrected chi connectivity index (χ3v) is 3.99. The van der Waals surface area contributed by atoms with Gasteiger partial charge in [-0.2, -0.15) is 0 Å². The summed E-state index contributed by atoms with van der Waals surface area (Å²) in [5, 5.41) is 3.18. The minimum Gasteiger partial charge on any atom is -0.496 e. The van der Waals surface area contributed by atoms with Crippen LogP contribution in [0, 0.1) is 6.92 Å². The summed E-state index contributed by atoms with van der Waals surface area (Å²) in [4.78, 5) is 24.1. The monoisotopic (exact) mass is 401 g/mol. The third kappa shape index (κ3) is 5.01.